The Kier molecular flexibility index (Phi) is 4.54. The fourth-order valence-electron chi connectivity index (χ4n) is 2.10. The third-order valence-corrected chi connectivity index (χ3v) is 2.78. The third-order valence-electron chi connectivity index (χ3n) is 2.78. The molecule has 0 amide bonds. The van der Waals surface area contributed by atoms with Crippen LogP contribution in [-0.4, -0.2) is 32.1 Å². The van der Waals surface area contributed by atoms with E-state index in [9.17, 15) is 4.79 Å². The van der Waals surface area contributed by atoms with Crippen molar-refractivity contribution < 1.29 is 19.0 Å². The van der Waals surface area contributed by atoms with Crippen LogP contribution in [0, 0.1) is 5.92 Å². The van der Waals surface area contributed by atoms with Crippen LogP contribution in [0.1, 0.15) is 33.1 Å². The Morgan fingerprint density at radius 1 is 1.33 bits per heavy atom. The molecule has 1 atom stereocenters. The first-order chi connectivity index (χ1) is 7.26. The summed E-state index contributed by atoms with van der Waals surface area (Å²) in [5.74, 6) is -0.641. The third kappa shape index (κ3) is 2.69. The molecule has 0 aromatic carbocycles. The first-order valence-corrected chi connectivity index (χ1v) is 5.61. The van der Waals surface area contributed by atoms with E-state index in [2.05, 4.69) is 4.74 Å². The molecule has 0 N–H and O–H groups in total. The summed E-state index contributed by atoms with van der Waals surface area (Å²) >= 11 is 0. The maximum absolute atomic E-state index is 11.2. The molecule has 1 unspecified atom stereocenters. The van der Waals surface area contributed by atoms with E-state index in [1.807, 2.05) is 13.8 Å². The smallest absolute Gasteiger partial charge is 0.308 e. The molecule has 1 saturated heterocycles. The Morgan fingerprint density at radius 3 is 2.47 bits per heavy atom. The van der Waals surface area contributed by atoms with Gasteiger partial charge in [-0.25, -0.2) is 0 Å². The Balaban J connectivity index is 0.000000531. The second kappa shape index (κ2) is 5.47. The monoisotopic (exact) mass is 216 g/mol. The van der Waals surface area contributed by atoms with Crippen LogP contribution in [0.4, 0.5) is 0 Å². The van der Waals surface area contributed by atoms with E-state index in [1.165, 1.54) is 7.11 Å². The quantitative estimate of drug-likeness (QED) is 0.626. The second-order valence-corrected chi connectivity index (χ2v) is 3.57. The van der Waals surface area contributed by atoms with Gasteiger partial charge in [-0.1, -0.05) is 13.8 Å². The number of methoxy groups -OCH3 is 1. The summed E-state index contributed by atoms with van der Waals surface area (Å²) in [4.78, 5) is 11.2. The fourth-order valence-corrected chi connectivity index (χ4v) is 2.10. The lowest BCUT2D eigenvalue weighted by molar-refractivity contribution is -0.161. The summed E-state index contributed by atoms with van der Waals surface area (Å²) in [6.07, 6.45) is 2.28. The van der Waals surface area contributed by atoms with Gasteiger partial charge in [-0.3, -0.25) is 4.79 Å². The molecular weight excluding hydrogens is 196 g/mol. The average molecular weight is 216 g/mol. The highest BCUT2D eigenvalue weighted by molar-refractivity contribution is 5.72. The molecule has 0 bridgehead atoms. The molecule has 2 aliphatic rings. The van der Waals surface area contributed by atoms with E-state index in [4.69, 9.17) is 9.47 Å². The van der Waals surface area contributed by atoms with Crippen LogP contribution in [0.15, 0.2) is 0 Å². The van der Waals surface area contributed by atoms with E-state index in [0.717, 1.165) is 12.8 Å². The standard InChI is InChI=1S/C9H14O4.C2H6/c1-11-8(10)7-2-3-9(6-7)12-4-5-13-9;1-2/h7H,2-6H2,1H3;1-2H3. The molecule has 4 nitrogen and oxygen atoms in total. The predicted molar refractivity (Wildman–Crippen MR) is 55.3 cm³/mol. The molecular formula is C11H20O4. The van der Waals surface area contributed by atoms with Gasteiger partial charge in [0.1, 0.15) is 0 Å². The highest BCUT2D eigenvalue weighted by Gasteiger charge is 2.46. The van der Waals surface area contributed by atoms with Gasteiger partial charge < -0.3 is 14.2 Å². The van der Waals surface area contributed by atoms with E-state index in [-0.39, 0.29) is 11.9 Å². The molecule has 2 fully saturated rings. The van der Waals surface area contributed by atoms with Crippen molar-refractivity contribution >= 4 is 5.97 Å². The minimum Gasteiger partial charge on any atom is -0.469 e. The lowest BCUT2D eigenvalue weighted by atomic mass is 10.1. The Bertz CT molecular complexity index is 209. The molecule has 1 saturated carbocycles. The van der Waals surface area contributed by atoms with Crippen molar-refractivity contribution in [3.8, 4) is 0 Å². The van der Waals surface area contributed by atoms with Gasteiger partial charge in [0.2, 0.25) is 0 Å². The van der Waals surface area contributed by atoms with E-state index in [1.54, 1.807) is 0 Å². The molecule has 4 heteroatoms. The lowest BCUT2D eigenvalue weighted by Gasteiger charge is -2.20. The highest BCUT2D eigenvalue weighted by atomic mass is 16.7. The van der Waals surface area contributed by atoms with Crippen molar-refractivity contribution in [3.63, 3.8) is 0 Å². The summed E-state index contributed by atoms with van der Waals surface area (Å²) < 4.78 is 15.7. The van der Waals surface area contributed by atoms with Gasteiger partial charge in [0, 0.05) is 12.8 Å². The molecule has 0 aromatic heterocycles. The van der Waals surface area contributed by atoms with Crippen LogP contribution < -0.4 is 0 Å². The molecule has 1 aliphatic carbocycles. The number of esters is 1. The number of hydrogen-bond donors (Lipinski definition) is 0. The molecule has 1 aliphatic heterocycles. The summed E-state index contributed by atoms with van der Waals surface area (Å²) in [5, 5.41) is 0. The minimum atomic E-state index is -0.459. The Labute approximate surface area is 90.9 Å². The second-order valence-electron chi connectivity index (χ2n) is 3.57. The van der Waals surface area contributed by atoms with Gasteiger partial charge in [0.15, 0.2) is 5.79 Å². The van der Waals surface area contributed by atoms with Crippen molar-refractivity contribution in [1.29, 1.82) is 0 Å². The first-order valence-electron chi connectivity index (χ1n) is 5.61. The molecule has 15 heavy (non-hydrogen) atoms. The van der Waals surface area contributed by atoms with E-state index < -0.39 is 5.79 Å². The van der Waals surface area contributed by atoms with Gasteiger partial charge in [0.25, 0.3) is 0 Å². The Hall–Kier alpha value is -0.610. The molecule has 1 heterocycles. The van der Waals surface area contributed by atoms with Crippen molar-refractivity contribution in [2.45, 2.75) is 38.9 Å². The largest absolute Gasteiger partial charge is 0.469 e. The number of ether oxygens (including phenoxy) is 3. The van der Waals surface area contributed by atoms with Gasteiger partial charge in [-0.2, -0.15) is 0 Å². The molecule has 0 aromatic rings. The average Bonchev–Trinajstić information content (AvgIpc) is 2.92. The van der Waals surface area contributed by atoms with Crippen molar-refractivity contribution in [2.24, 2.45) is 5.92 Å². The summed E-state index contributed by atoms with van der Waals surface area (Å²) in [6, 6.07) is 0. The molecule has 2 rings (SSSR count). The van der Waals surface area contributed by atoms with Gasteiger partial charge >= 0.3 is 5.97 Å². The van der Waals surface area contributed by atoms with Crippen LogP contribution >= 0.6 is 0 Å². The number of carbonyl (C=O) groups is 1. The summed E-state index contributed by atoms with van der Waals surface area (Å²) in [6.45, 7) is 5.29. The van der Waals surface area contributed by atoms with Crippen LogP contribution in [0.25, 0.3) is 0 Å². The molecule has 1 spiro atoms. The van der Waals surface area contributed by atoms with Crippen LogP contribution in [0.3, 0.4) is 0 Å². The van der Waals surface area contributed by atoms with Crippen LogP contribution in [0.5, 0.6) is 0 Å². The maximum Gasteiger partial charge on any atom is 0.308 e. The first kappa shape index (κ1) is 12.5. The SMILES string of the molecule is CC.COC(=O)C1CCC2(C1)OCCO2. The van der Waals surface area contributed by atoms with Gasteiger partial charge in [0.05, 0.1) is 26.2 Å². The minimum absolute atomic E-state index is 0.0388. The van der Waals surface area contributed by atoms with Crippen molar-refractivity contribution in [1.82, 2.24) is 0 Å². The Morgan fingerprint density at radius 2 is 1.93 bits per heavy atom. The number of carbonyl (C=O) groups excluding carboxylic acids is 1. The number of hydrogen-bond acceptors (Lipinski definition) is 4. The van der Waals surface area contributed by atoms with Crippen molar-refractivity contribution in [3.05, 3.63) is 0 Å². The zero-order valence-electron chi connectivity index (χ0n) is 9.75. The van der Waals surface area contributed by atoms with E-state index >= 15 is 0 Å². The van der Waals surface area contributed by atoms with Gasteiger partial charge in [-0.15, -0.1) is 0 Å². The summed E-state index contributed by atoms with van der Waals surface area (Å²) in [5.41, 5.74) is 0. The zero-order valence-corrected chi connectivity index (χ0v) is 9.75. The van der Waals surface area contributed by atoms with Crippen molar-refractivity contribution in [2.75, 3.05) is 20.3 Å². The zero-order chi connectivity index (χ0) is 11.3. The van der Waals surface area contributed by atoms with Gasteiger partial charge in [-0.05, 0) is 6.42 Å². The topological polar surface area (TPSA) is 44.8 Å². The highest BCUT2D eigenvalue weighted by Crippen LogP contribution is 2.41. The van der Waals surface area contributed by atoms with Crippen LogP contribution in [-0.2, 0) is 19.0 Å². The summed E-state index contributed by atoms with van der Waals surface area (Å²) in [7, 11) is 1.42. The van der Waals surface area contributed by atoms with E-state index in [0.29, 0.717) is 19.6 Å². The molecule has 88 valence electrons. The number of rotatable bonds is 1. The lowest BCUT2D eigenvalue weighted by Crippen LogP contribution is -2.27. The molecule has 0 radical (unpaired) electrons. The maximum atomic E-state index is 11.2. The predicted octanol–water partition coefficient (Wildman–Crippen LogP) is 1.73. The fraction of sp³-hybridized carbons (Fsp3) is 0.909. The van der Waals surface area contributed by atoms with Crippen LogP contribution in [0.2, 0.25) is 0 Å². The normalized spacial score (nSPS) is 27.3.